The molecule has 2 aromatic rings. The van der Waals surface area contributed by atoms with Gasteiger partial charge in [0.05, 0.1) is 0 Å². The van der Waals surface area contributed by atoms with Crippen LogP contribution >= 0.6 is 11.8 Å². The lowest BCUT2D eigenvalue weighted by Gasteiger charge is -2.10. The lowest BCUT2D eigenvalue weighted by molar-refractivity contribution is 0.574. The number of aromatic nitrogens is 2. The summed E-state index contributed by atoms with van der Waals surface area (Å²) in [6.45, 7) is 2.44. The van der Waals surface area contributed by atoms with Gasteiger partial charge in [0.25, 0.3) is 10.0 Å². The highest BCUT2D eigenvalue weighted by atomic mass is 32.2. The van der Waals surface area contributed by atoms with E-state index in [-0.39, 0.29) is 10.8 Å². The third-order valence-electron chi connectivity index (χ3n) is 3.01. The minimum Gasteiger partial charge on any atom is -0.381 e. The Hall–Kier alpha value is -1.25. The molecule has 2 rings (SSSR count). The Morgan fingerprint density at radius 3 is 2.95 bits per heavy atom. The summed E-state index contributed by atoms with van der Waals surface area (Å²) < 4.78 is 28.7. The number of nitrogens with one attached hydrogen (secondary N) is 1. The molecular weight excluding hydrogens is 296 g/mol. The van der Waals surface area contributed by atoms with Crippen molar-refractivity contribution in [3.63, 3.8) is 0 Å². The Balaban J connectivity index is 2.26. The van der Waals surface area contributed by atoms with E-state index in [9.17, 15) is 8.42 Å². The molecule has 0 spiro atoms. The Bertz CT molecular complexity index is 697. The number of pyridine rings is 1. The Labute approximate surface area is 122 Å². The number of hydrogen-bond donors (Lipinski definition) is 2. The molecule has 0 saturated heterocycles. The van der Waals surface area contributed by atoms with E-state index in [1.54, 1.807) is 36.2 Å². The van der Waals surface area contributed by atoms with Crippen LogP contribution in [0.4, 0.5) is 5.82 Å². The number of nitrogen functional groups attached to an aromatic ring is 1. The van der Waals surface area contributed by atoms with Crippen molar-refractivity contribution >= 4 is 33.3 Å². The van der Waals surface area contributed by atoms with Gasteiger partial charge in [-0.1, -0.05) is 13.0 Å². The van der Waals surface area contributed by atoms with Crippen molar-refractivity contribution in [1.29, 1.82) is 0 Å². The molecule has 0 fully saturated rings. The maximum absolute atomic E-state index is 12.3. The average molecular weight is 314 g/mol. The molecule has 0 aromatic carbocycles. The van der Waals surface area contributed by atoms with Gasteiger partial charge in [0.2, 0.25) is 0 Å². The number of nitrogens with two attached hydrogens (primary N) is 1. The smallest absolute Gasteiger partial charge is 0.260 e. The highest BCUT2D eigenvalue weighted by Gasteiger charge is 2.23. The first-order valence-corrected chi connectivity index (χ1v) is 8.98. The molecule has 3 N–H and O–H groups in total. The van der Waals surface area contributed by atoms with Crippen LogP contribution in [0, 0.1) is 0 Å². The van der Waals surface area contributed by atoms with Crippen molar-refractivity contribution in [3.8, 4) is 0 Å². The van der Waals surface area contributed by atoms with Crippen molar-refractivity contribution in [2.24, 2.45) is 0 Å². The molecule has 2 aromatic heterocycles. The zero-order chi connectivity index (χ0) is 14.8. The maximum atomic E-state index is 12.3. The average Bonchev–Trinajstić information content (AvgIpc) is 2.74. The van der Waals surface area contributed by atoms with Gasteiger partial charge in [-0.3, -0.25) is 4.40 Å². The summed E-state index contributed by atoms with van der Waals surface area (Å²) in [5, 5.41) is 0.405. The predicted molar refractivity (Wildman–Crippen MR) is 82.4 cm³/mol. The molecule has 20 heavy (non-hydrogen) atoms. The molecular formula is C12H18N4O2S2. The number of fused-ring (bicyclic) bond motifs is 1. The number of hydrogen-bond acceptors (Lipinski definition) is 5. The number of nitrogens with zero attached hydrogens (tertiary/aromatic N) is 2. The number of anilines is 1. The molecule has 1 atom stereocenters. The second-order valence-corrected chi connectivity index (χ2v) is 7.42. The van der Waals surface area contributed by atoms with Gasteiger partial charge in [0.15, 0.2) is 10.8 Å². The monoisotopic (exact) mass is 314 g/mol. The van der Waals surface area contributed by atoms with Crippen molar-refractivity contribution < 1.29 is 8.42 Å². The van der Waals surface area contributed by atoms with Crippen molar-refractivity contribution in [2.45, 2.75) is 23.6 Å². The van der Waals surface area contributed by atoms with Crippen LogP contribution in [-0.2, 0) is 10.0 Å². The molecule has 110 valence electrons. The zero-order valence-electron chi connectivity index (χ0n) is 11.4. The van der Waals surface area contributed by atoms with Crippen LogP contribution < -0.4 is 10.5 Å². The summed E-state index contributed by atoms with van der Waals surface area (Å²) in [5.74, 6) is 0.0154. The van der Waals surface area contributed by atoms with Crippen LogP contribution in [-0.4, -0.2) is 35.9 Å². The van der Waals surface area contributed by atoms with Gasteiger partial charge in [-0.15, -0.1) is 0 Å². The van der Waals surface area contributed by atoms with Gasteiger partial charge in [-0.2, -0.15) is 11.8 Å². The van der Waals surface area contributed by atoms with Crippen LogP contribution in [0.5, 0.6) is 0 Å². The van der Waals surface area contributed by atoms with E-state index < -0.39 is 10.0 Å². The van der Waals surface area contributed by atoms with E-state index in [0.717, 1.165) is 6.42 Å². The fourth-order valence-electron chi connectivity index (χ4n) is 1.84. The van der Waals surface area contributed by atoms with Crippen LogP contribution in [0.3, 0.4) is 0 Å². The minimum absolute atomic E-state index is 0.00454. The van der Waals surface area contributed by atoms with Gasteiger partial charge in [-0.05, 0) is 24.8 Å². The molecule has 8 heteroatoms. The number of sulfonamides is 1. The van der Waals surface area contributed by atoms with E-state index >= 15 is 0 Å². The third-order valence-corrected chi connectivity index (χ3v) is 5.55. The standard InChI is InChI=1S/C12H18N4O2S2/c1-9(19-2)6-7-14-20(17,18)12-11(13)15-10-5-3-4-8-16(10)12/h3-5,8-9,14H,6-7,13H2,1-2H3. The lowest BCUT2D eigenvalue weighted by Crippen LogP contribution is -2.28. The summed E-state index contributed by atoms with van der Waals surface area (Å²) in [6.07, 6.45) is 4.40. The van der Waals surface area contributed by atoms with Gasteiger partial charge in [-0.25, -0.2) is 18.1 Å². The summed E-state index contributed by atoms with van der Waals surface area (Å²) in [5.41, 5.74) is 6.26. The van der Waals surface area contributed by atoms with E-state index in [0.29, 0.717) is 17.4 Å². The fraction of sp³-hybridized carbons (Fsp3) is 0.417. The van der Waals surface area contributed by atoms with Crippen molar-refractivity contribution in [2.75, 3.05) is 18.5 Å². The third kappa shape index (κ3) is 3.08. The van der Waals surface area contributed by atoms with Crippen LogP contribution in [0.15, 0.2) is 29.4 Å². The molecule has 0 bridgehead atoms. The molecule has 0 amide bonds. The number of rotatable bonds is 6. The molecule has 0 saturated carbocycles. The summed E-state index contributed by atoms with van der Waals surface area (Å²) in [4.78, 5) is 4.06. The van der Waals surface area contributed by atoms with E-state index in [1.165, 1.54) is 4.40 Å². The SMILES string of the molecule is CSC(C)CCNS(=O)(=O)c1c(N)nc2ccccn12. The second-order valence-electron chi connectivity index (χ2n) is 4.46. The first-order chi connectivity index (χ1) is 9.45. The summed E-state index contributed by atoms with van der Waals surface area (Å²) >= 11 is 1.70. The van der Waals surface area contributed by atoms with Crippen LogP contribution in [0.25, 0.3) is 5.65 Å². The molecule has 2 heterocycles. The van der Waals surface area contributed by atoms with E-state index in [4.69, 9.17) is 5.73 Å². The Morgan fingerprint density at radius 1 is 1.50 bits per heavy atom. The highest BCUT2D eigenvalue weighted by molar-refractivity contribution is 7.99. The van der Waals surface area contributed by atoms with Gasteiger partial charge >= 0.3 is 0 Å². The van der Waals surface area contributed by atoms with Crippen LogP contribution in [0.2, 0.25) is 0 Å². The fourth-order valence-corrected chi connectivity index (χ4v) is 3.45. The number of thioether (sulfide) groups is 1. The molecule has 0 radical (unpaired) electrons. The molecule has 0 aliphatic heterocycles. The first-order valence-electron chi connectivity index (χ1n) is 6.20. The van der Waals surface area contributed by atoms with Crippen molar-refractivity contribution in [1.82, 2.24) is 14.1 Å². The topological polar surface area (TPSA) is 89.5 Å². The largest absolute Gasteiger partial charge is 0.381 e. The van der Waals surface area contributed by atoms with Gasteiger partial charge in [0, 0.05) is 18.0 Å². The molecule has 1 unspecified atom stereocenters. The molecule has 0 aliphatic rings. The lowest BCUT2D eigenvalue weighted by atomic mass is 10.3. The predicted octanol–water partition coefficient (Wildman–Crippen LogP) is 1.34. The van der Waals surface area contributed by atoms with Gasteiger partial charge in [0.1, 0.15) is 5.65 Å². The van der Waals surface area contributed by atoms with Crippen molar-refractivity contribution in [3.05, 3.63) is 24.4 Å². The van der Waals surface area contributed by atoms with Gasteiger partial charge < -0.3 is 5.73 Å². The Morgan fingerprint density at radius 2 is 2.25 bits per heavy atom. The first kappa shape index (κ1) is 15.1. The quantitative estimate of drug-likeness (QED) is 0.840. The maximum Gasteiger partial charge on any atom is 0.260 e. The Kier molecular flexibility index (Phi) is 4.56. The van der Waals surface area contributed by atoms with E-state index in [1.807, 2.05) is 6.26 Å². The number of imidazole rings is 1. The van der Waals surface area contributed by atoms with Crippen LogP contribution in [0.1, 0.15) is 13.3 Å². The second kappa shape index (κ2) is 6.02. The minimum atomic E-state index is -3.66. The molecule has 6 nitrogen and oxygen atoms in total. The normalized spacial score (nSPS) is 13.7. The summed E-state index contributed by atoms with van der Waals surface area (Å²) in [6, 6.07) is 5.24. The highest BCUT2D eigenvalue weighted by Crippen LogP contribution is 2.19. The molecule has 0 aliphatic carbocycles. The summed E-state index contributed by atoms with van der Waals surface area (Å²) in [7, 11) is -3.66. The van der Waals surface area contributed by atoms with E-state index in [2.05, 4.69) is 16.6 Å². The zero-order valence-corrected chi connectivity index (χ0v) is 13.0.